The molecule has 0 fully saturated rings. The van der Waals surface area contributed by atoms with Crippen LogP contribution in [0.1, 0.15) is 11.1 Å². The summed E-state index contributed by atoms with van der Waals surface area (Å²) in [6.45, 7) is 1.20. The first-order chi connectivity index (χ1) is 5.84. The van der Waals surface area contributed by atoms with Crippen LogP contribution in [0.5, 0.6) is 0 Å². The maximum atomic E-state index is 13.0. The summed E-state index contributed by atoms with van der Waals surface area (Å²) < 4.78 is 49.2. The molecule has 0 unspecified atom stereocenters. The number of halogens is 5. The smallest absolute Gasteiger partial charge is 0.206 e. The van der Waals surface area contributed by atoms with E-state index in [2.05, 4.69) is 0 Å². The third kappa shape index (κ3) is 1.94. The van der Waals surface area contributed by atoms with Gasteiger partial charge in [-0.1, -0.05) is 11.6 Å². The molecule has 72 valence electrons. The first-order valence-corrected chi connectivity index (χ1v) is 3.73. The zero-order valence-corrected chi connectivity index (χ0v) is 7.30. The second-order valence-corrected chi connectivity index (χ2v) is 2.94. The Morgan fingerprint density at radius 2 is 1.77 bits per heavy atom. The van der Waals surface area contributed by atoms with Crippen LogP contribution in [0.15, 0.2) is 12.1 Å². The van der Waals surface area contributed by atoms with E-state index in [4.69, 9.17) is 11.6 Å². The van der Waals surface area contributed by atoms with Crippen LogP contribution in [0.2, 0.25) is 5.02 Å². The van der Waals surface area contributed by atoms with Gasteiger partial charge in [-0.2, -0.15) is 13.2 Å². The number of benzene rings is 1. The lowest BCUT2D eigenvalue weighted by Crippen LogP contribution is -2.09. The molecule has 13 heavy (non-hydrogen) atoms. The molecular weight excluding hydrogens is 208 g/mol. The summed E-state index contributed by atoms with van der Waals surface area (Å²) in [7, 11) is 0. The van der Waals surface area contributed by atoms with Crippen LogP contribution < -0.4 is 0 Å². The van der Waals surface area contributed by atoms with Gasteiger partial charge < -0.3 is 0 Å². The fourth-order valence-electron chi connectivity index (χ4n) is 0.880. The fourth-order valence-corrected chi connectivity index (χ4v) is 1.03. The van der Waals surface area contributed by atoms with E-state index in [9.17, 15) is 17.6 Å². The molecule has 0 saturated heterocycles. The first-order valence-electron chi connectivity index (χ1n) is 3.36. The quantitative estimate of drug-likeness (QED) is 0.574. The number of hydrogen-bond acceptors (Lipinski definition) is 0. The molecule has 1 aromatic carbocycles. The molecule has 1 aromatic rings. The summed E-state index contributed by atoms with van der Waals surface area (Å²) in [4.78, 5) is 0. The van der Waals surface area contributed by atoms with E-state index in [0.29, 0.717) is 6.07 Å². The monoisotopic (exact) mass is 212 g/mol. The summed E-state index contributed by atoms with van der Waals surface area (Å²) in [5, 5.41) is -0.00880. The van der Waals surface area contributed by atoms with Crippen molar-refractivity contribution in [3.8, 4) is 0 Å². The largest absolute Gasteiger partial charge is 0.419 e. The topological polar surface area (TPSA) is 0 Å². The second-order valence-electron chi connectivity index (χ2n) is 2.53. The van der Waals surface area contributed by atoms with Gasteiger partial charge in [0.2, 0.25) is 0 Å². The van der Waals surface area contributed by atoms with Gasteiger partial charge in [-0.25, -0.2) is 4.39 Å². The van der Waals surface area contributed by atoms with E-state index in [1.807, 2.05) is 0 Å². The Balaban J connectivity index is 3.35. The average molecular weight is 213 g/mol. The predicted molar refractivity (Wildman–Crippen MR) is 41.1 cm³/mol. The number of rotatable bonds is 0. The van der Waals surface area contributed by atoms with Crippen molar-refractivity contribution in [2.24, 2.45) is 0 Å². The lowest BCUT2D eigenvalue weighted by molar-refractivity contribution is -0.140. The highest BCUT2D eigenvalue weighted by Gasteiger charge is 2.34. The molecule has 0 aliphatic heterocycles. The van der Waals surface area contributed by atoms with Crippen molar-refractivity contribution in [2.45, 2.75) is 13.1 Å². The van der Waals surface area contributed by atoms with Crippen LogP contribution in [-0.2, 0) is 6.18 Å². The van der Waals surface area contributed by atoms with Gasteiger partial charge in [0, 0.05) is 10.6 Å². The Kier molecular flexibility index (Phi) is 2.52. The molecule has 1 rings (SSSR count). The summed E-state index contributed by atoms with van der Waals surface area (Å²) in [5.41, 5.74) is -1.47. The van der Waals surface area contributed by atoms with Crippen molar-refractivity contribution in [3.63, 3.8) is 0 Å². The van der Waals surface area contributed by atoms with Crippen molar-refractivity contribution in [3.05, 3.63) is 34.1 Å². The summed E-state index contributed by atoms with van der Waals surface area (Å²) in [6.07, 6.45) is -4.67. The van der Waals surface area contributed by atoms with Crippen molar-refractivity contribution in [1.82, 2.24) is 0 Å². The molecule has 0 bridgehead atoms. The lowest BCUT2D eigenvalue weighted by Gasteiger charge is -2.09. The Bertz CT molecular complexity index is 330. The van der Waals surface area contributed by atoms with Gasteiger partial charge >= 0.3 is 6.18 Å². The van der Waals surface area contributed by atoms with E-state index in [0.717, 1.165) is 6.07 Å². The molecule has 0 nitrogen and oxygen atoms in total. The molecule has 0 aliphatic rings. The molecule has 0 saturated carbocycles. The lowest BCUT2D eigenvalue weighted by atomic mass is 10.1. The van der Waals surface area contributed by atoms with Crippen molar-refractivity contribution in [1.29, 1.82) is 0 Å². The Hall–Kier alpha value is -0.770. The van der Waals surface area contributed by atoms with E-state index in [1.54, 1.807) is 0 Å². The van der Waals surface area contributed by atoms with E-state index in [-0.39, 0.29) is 10.6 Å². The third-order valence-corrected chi connectivity index (χ3v) is 2.04. The number of alkyl halides is 3. The van der Waals surface area contributed by atoms with Crippen LogP contribution in [0, 0.1) is 12.7 Å². The van der Waals surface area contributed by atoms with Crippen molar-refractivity contribution < 1.29 is 17.6 Å². The fraction of sp³-hybridized carbons (Fsp3) is 0.250. The van der Waals surface area contributed by atoms with Gasteiger partial charge in [-0.05, 0) is 19.1 Å². The highest BCUT2D eigenvalue weighted by molar-refractivity contribution is 6.31. The second kappa shape index (κ2) is 3.18. The van der Waals surface area contributed by atoms with E-state index < -0.39 is 17.6 Å². The predicted octanol–water partition coefficient (Wildman–Crippen LogP) is 3.81. The molecule has 0 atom stereocenters. The molecule has 0 amide bonds. The van der Waals surface area contributed by atoms with Gasteiger partial charge in [0.25, 0.3) is 0 Å². The van der Waals surface area contributed by atoms with Gasteiger partial charge in [-0.3, -0.25) is 0 Å². The standard InChI is InChI=1S/C8H5ClF4/c1-4-6(9)3-2-5(7(4)10)8(11,12)13/h2-3H,1H3. The molecular formula is C8H5ClF4. The highest BCUT2D eigenvalue weighted by atomic mass is 35.5. The maximum Gasteiger partial charge on any atom is 0.419 e. The Labute approximate surface area is 77.1 Å². The third-order valence-electron chi connectivity index (χ3n) is 1.63. The zero-order chi connectivity index (χ0) is 10.2. The highest BCUT2D eigenvalue weighted by Crippen LogP contribution is 2.34. The number of hydrogen-bond donors (Lipinski definition) is 0. The van der Waals surface area contributed by atoms with E-state index >= 15 is 0 Å². The van der Waals surface area contributed by atoms with Crippen LogP contribution >= 0.6 is 11.6 Å². The summed E-state index contributed by atoms with van der Waals surface area (Å²) in [5.74, 6) is -1.31. The van der Waals surface area contributed by atoms with Crippen LogP contribution in [0.25, 0.3) is 0 Å². The normalized spacial score (nSPS) is 11.8. The van der Waals surface area contributed by atoms with Crippen LogP contribution in [-0.4, -0.2) is 0 Å². The van der Waals surface area contributed by atoms with Gasteiger partial charge in [-0.15, -0.1) is 0 Å². The Morgan fingerprint density at radius 1 is 1.23 bits per heavy atom. The minimum absolute atomic E-state index is 0.00880. The minimum atomic E-state index is -4.67. The maximum absolute atomic E-state index is 13.0. The van der Waals surface area contributed by atoms with Crippen LogP contribution in [0.4, 0.5) is 17.6 Å². The van der Waals surface area contributed by atoms with Crippen LogP contribution in [0.3, 0.4) is 0 Å². The minimum Gasteiger partial charge on any atom is -0.206 e. The average Bonchev–Trinajstić information content (AvgIpc) is 1.98. The van der Waals surface area contributed by atoms with E-state index in [1.165, 1.54) is 6.92 Å². The first kappa shape index (κ1) is 10.3. The summed E-state index contributed by atoms with van der Waals surface area (Å²) in [6, 6.07) is 1.66. The molecule has 5 heteroatoms. The molecule has 0 aliphatic carbocycles. The molecule has 0 heterocycles. The molecule has 0 radical (unpaired) electrons. The van der Waals surface area contributed by atoms with Gasteiger partial charge in [0.1, 0.15) is 5.82 Å². The SMILES string of the molecule is Cc1c(Cl)ccc(C(F)(F)F)c1F. The zero-order valence-electron chi connectivity index (χ0n) is 6.54. The Morgan fingerprint density at radius 3 is 2.23 bits per heavy atom. The van der Waals surface area contributed by atoms with Crippen molar-refractivity contribution >= 4 is 11.6 Å². The molecule has 0 N–H and O–H groups in total. The molecule has 0 spiro atoms. The van der Waals surface area contributed by atoms with Crippen molar-refractivity contribution in [2.75, 3.05) is 0 Å². The summed E-state index contributed by atoms with van der Waals surface area (Å²) >= 11 is 5.43. The van der Waals surface area contributed by atoms with Gasteiger partial charge in [0.15, 0.2) is 0 Å². The molecule has 0 aromatic heterocycles. The van der Waals surface area contributed by atoms with Gasteiger partial charge in [0.05, 0.1) is 5.56 Å².